The summed E-state index contributed by atoms with van der Waals surface area (Å²) in [6, 6.07) is 9.99. The summed E-state index contributed by atoms with van der Waals surface area (Å²) in [5.74, 6) is 2.45. The Kier molecular flexibility index (Phi) is 6.23. The highest BCUT2D eigenvalue weighted by Crippen LogP contribution is 2.29. The van der Waals surface area contributed by atoms with Gasteiger partial charge in [0, 0.05) is 19.3 Å². The maximum atomic E-state index is 12.7. The third-order valence-electron chi connectivity index (χ3n) is 4.93. The number of nitrogens with zero attached hydrogens (tertiary/aromatic N) is 6. The van der Waals surface area contributed by atoms with Crippen molar-refractivity contribution in [3.63, 3.8) is 0 Å². The fourth-order valence-electron chi connectivity index (χ4n) is 3.46. The minimum atomic E-state index is -0.494. The summed E-state index contributed by atoms with van der Waals surface area (Å²) in [6.45, 7) is 2.67. The lowest BCUT2D eigenvalue weighted by atomic mass is 10.3. The van der Waals surface area contributed by atoms with Crippen LogP contribution >= 0.6 is 12.4 Å². The van der Waals surface area contributed by atoms with Crippen molar-refractivity contribution in [2.75, 3.05) is 29.6 Å². The first-order valence-electron chi connectivity index (χ1n) is 10.2. The van der Waals surface area contributed by atoms with E-state index in [1.54, 1.807) is 54.5 Å². The van der Waals surface area contributed by atoms with Gasteiger partial charge < -0.3 is 19.8 Å². The zero-order valence-electron chi connectivity index (χ0n) is 18.6. The lowest BCUT2D eigenvalue weighted by molar-refractivity contribution is 0.262. The van der Waals surface area contributed by atoms with E-state index >= 15 is 0 Å². The van der Waals surface area contributed by atoms with Crippen molar-refractivity contribution in [2.45, 2.75) is 6.92 Å². The van der Waals surface area contributed by atoms with E-state index in [1.165, 1.54) is 4.52 Å². The Labute approximate surface area is 199 Å². The van der Waals surface area contributed by atoms with Gasteiger partial charge in [0.25, 0.3) is 0 Å². The monoisotopic (exact) mass is 483 g/mol. The molecule has 0 bridgehead atoms. The number of benzene rings is 1. The van der Waals surface area contributed by atoms with Crippen LogP contribution in [0.5, 0.6) is 5.75 Å². The standard InChI is InChI=1S/C21H21N9O3.ClH/c1-4-22-18-15-17(27-29(18)2)25-20(26-21(31)23-12-7-9-13(32-3)10-8-12)30-19(15)24-16(28-30)14-6-5-11-33-14;/h5-11,22H,4H2,1-3H3,(H2,23,25,26,27,31);1H. The van der Waals surface area contributed by atoms with Crippen LogP contribution in [0.4, 0.5) is 22.2 Å². The predicted octanol–water partition coefficient (Wildman–Crippen LogP) is 3.78. The normalized spacial score (nSPS) is 10.8. The highest BCUT2D eigenvalue weighted by atomic mass is 35.5. The van der Waals surface area contributed by atoms with E-state index < -0.39 is 6.03 Å². The van der Waals surface area contributed by atoms with Crippen molar-refractivity contribution in [3.8, 4) is 17.3 Å². The molecule has 0 aliphatic rings. The third-order valence-corrected chi connectivity index (χ3v) is 4.93. The van der Waals surface area contributed by atoms with E-state index in [9.17, 15) is 4.79 Å². The predicted molar refractivity (Wildman–Crippen MR) is 130 cm³/mol. The van der Waals surface area contributed by atoms with Crippen LogP contribution in [0, 0.1) is 0 Å². The number of furan rings is 1. The molecule has 34 heavy (non-hydrogen) atoms. The molecule has 5 aromatic rings. The summed E-state index contributed by atoms with van der Waals surface area (Å²) in [7, 11) is 3.39. The summed E-state index contributed by atoms with van der Waals surface area (Å²) >= 11 is 0. The zero-order chi connectivity index (χ0) is 22.9. The van der Waals surface area contributed by atoms with Crippen LogP contribution in [0.1, 0.15) is 6.92 Å². The fourth-order valence-corrected chi connectivity index (χ4v) is 3.46. The summed E-state index contributed by atoms with van der Waals surface area (Å²) in [5.41, 5.74) is 1.49. The average Bonchev–Trinajstić information content (AvgIpc) is 3.54. The third kappa shape index (κ3) is 4.06. The van der Waals surface area contributed by atoms with Gasteiger partial charge in [0.05, 0.1) is 13.4 Å². The van der Waals surface area contributed by atoms with Crippen LogP contribution in [-0.2, 0) is 7.05 Å². The molecule has 3 N–H and O–H groups in total. The molecule has 0 atom stereocenters. The van der Waals surface area contributed by atoms with Gasteiger partial charge in [-0.25, -0.2) is 9.78 Å². The number of nitrogens with one attached hydrogen (secondary N) is 3. The van der Waals surface area contributed by atoms with Gasteiger partial charge in [-0.05, 0) is 43.3 Å². The quantitative estimate of drug-likeness (QED) is 0.332. The number of methoxy groups -OCH3 is 1. The van der Waals surface area contributed by atoms with Crippen molar-refractivity contribution in [3.05, 3.63) is 42.7 Å². The van der Waals surface area contributed by atoms with Crippen molar-refractivity contribution in [1.82, 2.24) is 29.4 Å². The number of aromatic nitrogens is 6. The van der Waals surface area contributed by atoms with Crippen molar-refractivity contribution >= 4 is 52.6 Å². The molecule has 4 aromatic heterocycles. The Balaban J connectivity index is 0.00000274. The number of amides is 2. The second-order valence-electron chi connectivity index (χ2n) is 7.09. The second kappa shape index (κ2) is 9.27. The molecular formula is C21H22ClN9O3. The average molecular weight is 484 g/mol. The smallest absolute Gasteiger partial charge is 0.326 e. The summed E-state index contributed by atoms with van der Waals surface area (Å²) < 4.78 is 13.8. The fraction of sp³-hybridized carbons (Fsp3) is 0.190. The van der Waals surface area contributed by atoms with E-state index in [0.717, 1.165) is 5.82 Å². The number of carbonyl (C=O) groups excluding carboxylic acids is 1. The summed E-state index contributed by atoms with van der Waals surface area (Å²) in [6.07, 6.45) is 1.55. The molecule has 13 heteroatoms. The number of anilines is 3. The Morgan fingerprint density at radius 3 is 2.59 bits per heavy atom. The number of ether oxygens (including phenoxy) is 1. The number of carbonyl (C=O) groups is 1. The lowest BCUT2D eigenvalue weighted by Crippen LogP contribution is -2.22. The van der Waals surface area contributed by atoms with Gasteiger partial charge >= 0.3 is 6.03 Å². The van der Waals surface area contributed by atoms with Crippen molar-refractivity contribution in [2.24, 2.45) is 7.05 Å². The molecule has 0 fully saturated rings. The van der Waals surface area contributed by atoms with Gasteiger partial charge in [-0.3, -0.25) is 10.00 Å². The van der Waals surface area contributed by atoms with Crippen molar-refractivity contribution < 1.29 is 13.9 Å². The molecule has 0 aliphatic heterocycles. The topological polar surface area (TPSA) is 136 Å². The van der Waals surface area contributed by atoms with Crippen LogP contribution < -0.4 is 20.7 Å². The van der Waals surface area contributed by atoms with Gasteiger partial charge in [-0.15, -0.1) is 17.5 Å². The van der Waals surface area contributed by atoms with Gasteiger partial charge in [-0.2, -0.15) is 14.6 Å². The molecule has 0 spiro atoms. The molecule has 0 saturated heterocycles. The first-order valence-corrected chi connectivity index (χ1v) is 10.2. The van der Waals surface area contributed by atoms with Gasteiger partial charge in [0.1, 0.15) is 17.0 Å². The maximum absolute atomic E-state index is 12.7. The molecule has 5 rings (SSSR count). The van der Waals surface area contributed by atoms with E-state index in [1.807, 2.05) is 14.0 Å². The van der Waals surface area contributed by atoms with E-state index in [4.69, 9.17) is 9.15 Å². The number of halogens is 1. The number of fused-ring (bicyclic) bond motifs is 3. The molecule has 176 valence electrons. The molecule has 2 amide bonds. The number of urea groups is 1. The zero-order valence-corrected chi connectivity index (χ0v) is 19.4. The Morgan fingerprint density at radius 2 is 1.91 bits per heavy atom. The molecule has 12 nitrogen and oxygen atoms in total. The summed E-state index contributed by atoms with van der Waals surface area (Å²) in [5, 5.41) is 18.5. The number of rotatable bonds is 6. The molecule has 1 aromatic carbocycles. The van der Waals surface area contributed by atoms with E-state index in [0.29, 0.717) is 46.2 Å². The minimum absolute atomic E-state index is 0. The first kappa shape index (κ1) is 22.9. The van der Waals surface area contributed by atoms with Gasteiger partial charge in [0.15, 0.2) is 17.1 Å². The van der Waals surface area contributed by atoms with Crippen LogP contribution in [0.2, 0.25) is 0 Å². The summed E-state index contributed by atoms with van der Waals surface area (Å²) in [4.78, 5) is 21.9. The van der Waals surface area contributed by atoms with Crippen LogP contribution in [0.25, 0.3) is 28.3 Å². The highest BCUT2D eigenvalue weighted by molar-refractivity contribution is 6.03. The van der Waals surface area contributed by atoms with Crippen LogP contribution in [-0.4, -0.2) is 49.0 Å². The van der Waals surface area contributed by atoms with Crippen molar-refractivity contribution in [1.29, 1.82) is 0 Å². The van der Waals surface area contributed by atoms with E-state index in [-0.39, 0.29) is 18.4 Å². The molecular weight excluding hydrogens is 462 g/mol. The lowest BCUT2D eigenvalue weighted by Gasteiger charge is -2.09. The van der Waals surface area contributed by atoms with Gasteiger partial charge in [0.2, 0.25) is 11.8 Å². The number of hydrogen-bond donors (Lipinski definition) is 3. The van der Waals surface area contributed by atoms with Crippen LogP contribution in [0.3, 0.4) is 0 Å². The molecule has 0 aliphatic carbocycles. The molecule has 0 saturated carbocycles. The van der Waals surface area contributed by atoms with Crippen LogP contribution in [0.15, 0.2) is 47.1 Å². The minimum Gasteiger partial charge on any atom is -0.497 e. The highest BCUT2D eigenvalue weighted by Gasteiger charge is 2.22. The first-order chi connectivity index (χ1) is 16.1. The van der Waals surface area contributed by atoms with E-state index in [2.05, 4.69) is 36.1 Å². The second-order valence-corrected chi connectivity index (χ2v) is 7.09. The largest absolute Gasteiger partial charge is 0.497 e. The Morgan fingerprint density at radius 1 is 1.12 bits per heavy atom. The van der Waals surface area contributed by atoms with Gasteiger partial charge in [-0.1, -0.05) is 0 Å². The number of hydrogen-bond acceptors (Lipinski definition) is 8. The number of aryl methyl sites for hydroxylation is 1. The Bertz CT molecular complexity index is 1440. The Hall–Kier alpha value is -4.32. The molecule has 0 radical (unpaired) electrons. The molecule has 4 heterocycles. The molecule has 0 unspecified atom stereocenters. The maximum Gasteiger partial charge on any atom is 0.326 e. The SMILES string of the molecule is CCNc1c2c(nc(NC(=O)Nc3ccc(OC)cc3)n3nc(-c4ccco4)nc23)nn1C.Cl.